The third kappa shape index (κ3) is 3.21. The number of sulfone groups is 1. The summed E-state index contributed by atoms with van der Waals surface area (Å²) in [6.07, 6.45) is 6.70. The number of anilines is 1. The Kier molecular flexibility index (Phi) is 3.62. The molecule has 2 aliphatic heterocycles. The SMILES string of the molecule is O=C(N[C@H]1C=CS(=O)(=O)C1)c1cnc(N2CCCC2)nc1. The minimum absolute atomic E-state index is 0.0918. The number of aromatic nitrogens is 2. The zero-order valence-electron chi connectivity index (χ0n) is 11.4. The number of rotatable bonds is 3. The largest absolute Gasteiger partial charge is 0.345 e. The summed E-state index contributed by atoms with van der Waals surface area (Å²) in [7, 11) is -3.17. The summed E-state index contributed by atoms with van der Waals surface area (Å²) in [5, 5.41) is 3.77. The summed E-state index contributed by atoms with van der Waals surface area (Å²) in [6.45, 7) is 1.88. The van der Waals surface area contributed by atoms with Gasteiger partial charge in [-0.25, -0.2) is 18.4 Å². The van der Waals surface area contributed by atoms with Crippen molar-refractivity contribution in [2.24, 2.45) is 0 Å². The highest BCUT2D eigenvalue weighted by Gasteiger charge is 2.24. The summed E-state index contributed by atoms with van der Waals surface area (Å²) in [4.78, 5) is 22.5. The molecule has 1 N–H and O–H groups in total. The lowest BCUT2D eigenvalue weighted by Crippen LogP contribution is -2.35. The number of hydrogen-bond donors (Lipinski definition) is 1. The van der Waals surface area contributed by atoms with E-state index in [0.717, 1.165) is 31.3 Å². The second-order valence-corrected chi connectivity index (χ2v) is 7.14. The molecule has 0 aromatic carbocycles. The first-order chi connectivity index (χ1) is 10.0. The van der Waals surface area contributed by atoms with E-state index in [1.807, 2.05) is 0 Å². The molecule has 1 aromatic heterocycles. The van der Waals surface area contributed by atoms with Gasteiger partial charge in [0.2, 0.25) is 5.95 Å². The van der Waals surface area contributed by atoms with Gasteiger partial charge in [-0.05, 0) is 18.9 Å². The minimum Gasteiger partial charge on any atom is -0.345 e. The van der Waals surface area contributed by atoms with Gasteiger partial charge in [0.1, 0.15) is 0 Å². The minimum atomic E-state index is -3.17. The van der Waals surface area contributed by atoms with Crippen molar-refractivity contribution in [1.29, 1.82) is 0 Å². The van der Waals surface area contributed by atoms with Gasteiger partial charge in [-0.2, -0.15) is 0 Å². The van der Waals surface area contributed by atoms with Gasteiger partial charge < -0.3 is 10.2 Å². The molecule has 0 unspecified atom stereocenters. The van der Waals surface area contributed by atoms with Crippen LogP contribution in [-0.2, 0) is 9.84 Å². The molecule has 8 heteroatoms. The lowest BCUT2D eigenvalue weighted by atomic mass is 10.2. The fourth-order valence-electron chi connectivity index (χ4n) is 2.44. The highest BCUT2D eigenvalue weighted by molar-refractivity contribution is 7.94. The van der Waals surface area contributed by atoms with Gasteiger partial charge >= 0.3 is 0 Å². The van der Waals surface area contributed by atoms with Crippen molar-refractivity contribution in [1.82, 2.24) is 15.3 Å². The van der Waals surface area contributed by atoms with Gasteiger partial charge in [0.25, 0.3) is 5.91 Å². The average Bonchev–Trinajstić information content (AvgIpc) is 3.09. The van der Waals surface area contributed by atoms with E-state index in [1.54, 1.807) is 0 Å². The summed E-state index contributed by atoms with van der Waals surface area (Å²) < 4.78 is 22.6. The maximum absolute atomic E-state index is 12.0. The first-order valence-electron chi connectivity index (χ1n) is 6.82. The van der Waals surface area contributed by atoms with Gasteiger partial charge in [0, 0.05) is 30.9 Å². The first kappa shape index (κ1) is 14.0. The standard InChI is InChI=1S/C13H16N4O3S/c18-12(16-11-3-6-21(19,20)9-11)10-7-14-13(15-8-10)17-4-1-2-5-17/h3,6-8,11H,1-2,4-5,9H2,(H,16,18)/t11-/m0/s1. The smallest absolute Gasteiger partial charge is 0.254 e. The van der Waals surface area contributed by atoms with Crippen molar-refractivity contribution in [2.45, 2.75) is 18.9 Å². The molecule has 3 heterocycles. The van der Waals surface area contributed by atoms with Crippen LogP contribution in [0.5, 0.6) is 0 Å². The molecular formula is C13H16N4O3S. The number of hydrogen-bond acceptors (Lipinski definition) is 6. The van der Waals surface area contributed by atoms with Crippen molar-refractivity contribution in [2.75, 3.05) is 23.7 Å². The molecule has 1 fully saturated rings. The van der Waals surface area contributed by atoms with Crippen LogP contribution in [0.25, 0.3) is 0 Å². The van der Waals surface area contributed by atoms with Crippen LogP contribution < -0.4 is 10.2 Å². The van der Waals surface area contributed by atoms with Gasteiger partial charge in [-0.15, -0.1) is 0 Å². The molecule has 0 bridgehead atoms. The fraction of sp³-hybridized carbons (Fsp3) is 0.462. The molecule has 0 saturated carbocycles. The monoisotopic (exact) mass is 308 g/mol. The van der Waals surface area contributed by atoms with E-state index in [9.17, 15) is 13.2 Å². The Balaban J connectivity index is 1.64. The van der Waals surface area contributed by atoms with Crippen LogP contribution in [0.15, 0.2) is 23.9 Å². The highest BCUT2D eigenvalue weighted by Crippen LogP contribution is 2.15. The molecule has 112 valence electrons. The average molecular weight is 308 g/mol. The van der Waals surface area contributed by atoms with Crippen molar-refractivity contribution in [3.63, 3.8) is 0 Å². The van der Waals surface area contributed by atoms with Crippen LogP contribution in [0.1, 0.15) is 23.2 Å². The molecule has 0 aliphatic carbocycles. The molecule has 3 rings (SSSR count). The summed E-state index contributed by atoms with van der Waals surface area (Å²) in [5.74, 6) is 0.174. The predicted molar refractivity (Wildman–Crippen MR) is 77.7 cm³/mol. The number of nitrogens with one attached hydrogen (secondary N) is 1. The van der Waals surface area contributed by atoms with E-state index in [2.05, 4.69) is 20.2 Å². The number of carbonyl (C=O) groups excluding carboxylic acids is 1. The third-order valence-electron chi connectivity index (χ3n) is 3.54. The van der Waals surface area contributed by atoms with E-state index < -0.39 is 15.9 Å². The highest BCUT2D eigenvalue weighted by atomic mass is 32.2. The van der Waals surface area contributed by atoms with Crippen molar-refractivity contribution < 1.29 is 13.2 Å². The topological polar surface area (TPSA) is 92.3 Å². The molecule has 7 nitrogen and oxygen atoms in total. The van der Waals surface area contributed by atoms with Crippen molar-refractivity contribution >= 4 is 21.7 Å². The van der Waals surface area contributed by atoms with Crippen LogP contribution >= 0.6 is 0 Å². The Morgan fingerprint density at radius 2 is 1.90 bits per heavy atom. The Hall–Kier alpha value is -1.96. The normalized spacial score (nSPS) is 23.4. The quantitative estimate of drug-likeness (QED) is 0.852. The maximum Gasteiger partial charge on any atom is 0.254 e. The van der Waals surface area contributed by atoms with Crippen LogP contribution in [-0.4, -0.2) is 49.2 Å². The summed E-state index contributed by atoms with van der Waals surface area (Å²) in [5.41, 5.74) is 0.329. The first-order valence-corrected chi connectivity index (χ1v) is 8.54. The van der Waals surface area contributed by atoms with Crippen LogP contribution in [0.4, 0.5) is 5.95 Å². The van der Waals surface area contributed by atoms with Crippen LogP contribution in [0, 0.1) is 0 Å². The molecule has 1 saturated heterocycles. The summed E-state index contributed by atoms with van der Waals surface area (Å²) >= 11 is 0. The molecule has 1 aromatic rings. The van der Waals surface area contributed by atoms with Crippen LogP contribution in [0.3, 0.4) is 0 Å². The predicted octanol–water partition coefficient (Wildman–Crippen LogP) is 0.117. The van der Waals surface area contributed by atoms with Crippen molar-refractivity contribution in [3.8, 4) is 0 Å². The van der Waals surface area contributed by atoms with E-state index in [-0.39, 0.29) is 11.7 Å². The molecule has 1 amide bonds. The molecule has 1 atom stereocenters. The lowest BCUT2D eigenvalue weighted by Gasteiger charge is -2.15. The second kappa shape index (κ2) is 5.44. The maximum atomic E-state index is 12.0. The number of nitrogens with zero attached hydrogens (tertiary/aromatic N) is 3. The van der Waals surface area contributed by atoms with E-state index in [0.29, 0.717) is 11.5 Å². The number of amides is 1. The third-order valence-corrected chi connectivity index (χ3v) is 4.93. The van der Waals surface area contributed by atoms with E-state index >= 15 is 0 Å². The van der Waals surface area contributed by atoms with Gasteiger partial charge in [0.15, 0.2) is 9.84 Å². The van der Waals surface area contributed by atoms with Crippen molar-refractivity contribution in [3.05, 3.63) is 29.4 Å². The van der Waals surface area contributed by atoms with Gasteiger partial charge in [-0.3, -0.25) is 4.79 Å². The Morgan fingerprint density at radius 3 is 2.48 bits per heavy atom. The number of carbonyl (C=O) groups is 1. The summed E-state index contributed by atoms with van der Waals surface area (Å²) in [6, 6.07) is -0.485. The van der Waals surface area contributed by atoms with E-state index in [4.69, 9.17) is 0 Å². The van der Waals surface area contributed by atoms with E-state index in [1.165, 1.54) is 18.5 Å². The molecule has 0 radical (unpaired) electrons. The van der Waals surface area contributed by atoms with Crippen LogP contribution in [0.2, 0.25) is 0 Å². The molecule has 2 aliphatic rings. The Labute approximate surface area is 123 Å². The molecule has 0 spiro atoms. The lowest BCUT2D eigenvalue weighted by molar-refractivity contribution is 0.0947. The zero-order chi connectivity index (χ0) is 14.9. The molecule has 21 heavy (non-hydrogen) atoms. The fourth-order valence-corrected chi connectivity index (χ4v) is 3.67. The van der Waals surface area contributed by atoms with Gasteiger partial charge in [-0.1, -0.05) is 0 Å². The zero-order valence-corrected chi connectivity index (χ0v) is 12.2. The second-order valence-electron chi connectivity index (χ2n) is 5.20. The Morgan fingerprint density at radius 1 is 1.24 bits per heavy atom. The Bertz CT molecular complexity index is 663. The molecular weight excluding hydrogens is 292 g/mol. The van der Waals surface area contributed by atoms with Gasteiger partial charge in [0.05, 0.1) is 17.4 Å².